The molecule has 33 heavy (non-hydrogen) atoms. The molecule has 0 spiro atoms. The number of H-pyrrole nitrogens is 1. The van der Waals surface area contributed by atoms with Gasteiger partial charge in [-0.1, -0.05) is 32.6 Å². The molecule has 0 unspecified atom stereocenters. The van der Waals surface area contributed by atoms with Crippen molar-refractivity contribution < 1.29 is 0 Å². The third-order valence-electron chi connectivity index (χ3n) is 5.01. The maximum Gasteiger partial charge on any atom is 0.111 e. The third kappa shape index (κ3) is 6.94. The zero-order valence-electron chi connectivity index (χ0n) is 19.4. The van der Waals surface area contributed by atoms with Gasteiger partial charge in [0.15, 0.2) is 0 Å². The highest BCUT2D eigenvalue weighted by atomic mass is 14.9. The number of nitrogens with one attached hydrogen (secondary N) is 2. The molecule has 3 heterocycles. The van der Waals surface area contributed by atoms with Crippen LogP contribution in [0.2, 0.25) is 0 Å². The van der Waals surface area contributed by atoms with E-state index in [4.69, 9.17) is 5.73 Å². The number of hydrogen-bond donors (Lipinski definition) is 3. The minimum atomic E-state index is 0.580. The Balaban J connectivity index is 0.00000187. The topological polar surface area (TPSA) is 92.5 Å². The lowest BCUT2D eigenvalue weighted by Crippen LogP contribution is -2.10. The molecular formula is C27H32N6. The molecule has 0 aliphatic heterocycles. The highest BCUT2D eigenvalue weighted by molar-refractivity contribution is 5.75. The van der Waals surface area contributed by atoms with Crippen molar-refractivity contribution in [1.29, 1.82) is 0 Å². The first kappa shape index (κ1) is 25.2. The van der Waals surface area contributed by atoms with Crippen LogP contribution >= 0.6 is 0 Å². The molecule has 3 rings (SSSR count). The normalized spacial score (nSPS) is 11.5. The van der Waals surface area contributed by atoms with E-state index in [-0.39, 0.29) is 0 Å². The van der Waals surface area contributed by atoms with Gasteiger partial charge in [-0.15, -0.1) is 12.8 Å². The Bertz CT molecular complexity index is 1150. The van der Waals surface area contributed by atoms with E-state index in [9.17, 15) is 0 Å². The number of terminal acetylenes is 1. The maximum absolute atomic E-state index is 6.22. The van der Waals surface area contributed by atoms with Gasteiger partial charge in [0, 0.05) is 24.0 Å². The Kier molecular flexibility index (Phi) is 9.66. The van der Waals surface area contributed by atoms with Crippen molar-refractivity contribution >= 4 is 22.3 Å². The second-order valence-corrected chi connectivity index (χ2v) is 7.40. The first-order valence-electron chi connectivity index (χ1n) is 10.9. The van der Waals surface area contributed by atoms with Crippen LogP contribution in [0.4, 0.5) is 5.69 Å². The molecule has 0 atom stereocenters. The Hall–Kier alpha value is -4.11. The lowest BCUT2D eigenvalue weighted by molar-refractivity contribution is 0.751. The highest BCUT2D eigenvalue weighted by Gasteiger charge is 2.10. The molecule has 0 bridgehead atoms. The third-order valence-corrected chi connectivity index (χ3v) is 5.01. The Morgan fingerprint density at radius 1 is 1.30 bits per heavy atom. The number of fused-ring (bicyclic) bond motifs is 1. The zero-order chi connectivity index (χ0) is 24.2. The van der Waals surface area contributed by atoms with Crippen molar-refractivity contribution in [2.24, 2.45) is 0 Å². The summed E-state index contributed by atoms with van der Waals surface area (Å²) in [5, 5.41) is 3.35. The van der Waals surface area contributed by atoms with Crippen LogP contribution in [0.15, 0.2) is 73.5 Å². The Labute approximate surface area is 196 Å². The van der Waals surface area contributed by atoms with Gasteiger partial charge in [0.1, 0.15) is 5.82 Å². The predicted octanol–water partition coefficient (Wildman–Crippen LogP) is 5.54. The van der Waals surface area contributed by atoms with Crippen LogP contribution in [-0.4, -0.2) is 19.9 Å². The number of nitrogens with two attached hydrogens (primary N) is 1. The molecule has 0 aliphatic carbocycles. The van der Waals surface area contributed by atoms with Crippen molar-refractivity contribution in [3.63, 3.8) is 0 Å². The summed E-state index contributed by atoms with van der Waals surface area (Å²) in [6.07, 6.45) is 22.8. The average Bonchev–Trinajstić information content (AvgIpc) is 3.25. The molecular weight excluding hydrogens is 408 g/mol. The number of hydrogen-bond acceptors (Lipinski definition) is 5. The number of nitrogens with zero attached hydrogens (tertiary/aromatic N) is 3. The van der Waals surface area contributed by atoms with Crippen molar-refractivity contribution in [2.45, 2.75) is 39.5 Å². The molecule has 0 saturated carbocycles. The summed E-state index contributed by atoms with van der Waals surface area (Å²) in [6.45, 7) is 12.2. The number of anilines is 1. The minimum Gasteiger partial charge on any atom is -0.397 e. The lowest BCUT2D eigenvalue weighted by Gasteiger charge is -2.12. The molecule has 0 fully saturated rings. The number of unbranched alkanes of at least 4 members (excludes halogenated alkanes) is 1. The quantitative estimate of drug-likeness (QED) is 0.284. The number of nitrogen functional groups attached to an aromatic ring is 1. The summed E-state index contributed by atoms with van der Waals surface area (Å²) >= 11 is 0. The largest absolute Gasteiger partial charge is 0.397 e. The molecule has 3 aromatic rings. The Morgan fingerprint density at radius 2 is 2.09 bits per heavy atom. The van der Waals surface area contributed by atoms with E-state index < -0.39 is 0 Å². The molecule has 0 radical (unpaired) electrons. The van der Waals surface area contributed by atoms with Crippen LogP contribution in [0.1, 0.15) is 50.2 Å². The summed E-state index contributed by atoms with van der Waals surface area (Å²) in [5.41, 5.74) is 13.3. The predicted molar refractivity (Wildman–Crippen MR) is 139 cm³/mol. The van der Waals surface area contributed by atoms with E-state index in [2.05, 4.69) is 58.2 Å². The summed E-state index contributed by atoms with van der Waals surface area (Å²) in [4.78, 5) is 16.6. The summed E-state index contributed by atoms with van der Waals surface area (Å²) in [7, 11) is 0. The molecule has 0 amide bonds. The monoisotopic (exact) mass is 440 g/mol. The van der Waals surface area contributed by atoms with E-state index in [1.54, 1.807) is 24.7 Å². The van der Waals surface area contributed by atoms with Gasteiger partial charge in [0.2, 0.25) is 0 Å². The fourth-order valence-corrected chi connectivity index (χ4v) is 3.27. The second kappa shape index (κ2) is 12.7. The van der Waals surface area contributed by atoms with Gasteiger partial charge >= 0.3 is 0 Å². The van der Waals surface area contributed by atoms with E-state index in [0.29, 0.717) is 12.1 Å². The standard InChI is InChI=1S/C25H30N6.C2H2/c1-5-8-9-17(4)29-20(7-3)12-18(6-2)23-13-19(21(26)15-28-23)14-25-30-22-10-11-27-16-24(22)31-25;1-2/h6-7,10-13,15-16,29H,3-5,8-9,14,26H2,1-2H3,(H,30,31);1-2H/b18-6+,20-12+;. The molecule has 3 aromatic heterocycles. The fraction of sp³-hybridized carbons (Fsp3) is 0.222. The van der Waals surface area contributed by atoms with Gasteiger partial charge in [-0.3, -0.25) is 9.97 Å². The number of imidazole rings is 1. The van der Waals surface area contributed by atoms with Crippen molar-refractivity contribution in [3.05, 3.63) is 90.6 Å². The first-order valence-corrected chi connectivity index (χ1v) is 10.9. The summed E-state index contributed by atoms with van der Waals surface area (Å²) in [6, 6.07) is 3.90. The van der Waals surface area contributed by atoms with Crippen LogP contribution < -0.4 is 11.1 Å². The molecule has 170 valence electrons. The average molecular weight is 441 g/mol. The van der Waals surface area contributed by atoms with E-state index in [1.807, 2.05) is 31.2 Å². The maximum atomic E-state index is 6.22. The van der Waals surface area contributed by atoms with Gasteiger partial charge in [0.25, 0.3) is 0 Å². The first-order chi connectivity index (χ1) is 16.0. The SMILES string of the molecule is C#C.C=C/C(=C\C(=C/C)c1cc(Cc2nc3ccncc3[nH]2)c(N)cn1)NC(=C)CCCC. The number of allylic oxidation sites excluding steroid dienone is 5. The highest BCUT2D eigenvalue weighted by Crippen LogP contribution is 2.23. The molecule has 6 heteroatoms. The minimum absolute atomic E-state index is 0.580. The van der Waals surface area contributed by atoms with Crippen molar-refractivity contribution in [1.82, 2.24) is 25.3 Å². The zero-order valence-corrected chi connectivity index (χ0v) is 19.4. The number of pyridine rings is 2. The fourth-order valence-electron chi connectivity index (χ4n) is 3.27. The van der Waals surface area contributed by atoms with E-state index >= 15 is 0 Å². The van der Waals surface area contributed by atoms with E-state index in [0.717, 1.165) is 64.3 Å². The summed E-state index contributed by atoms with van der Waals surface area (Å²) in [5.74, 6) is 0.838. The van der Waals surface area contributed by atoms with Crippen LogP contribution in [0.5, 0.6) is 0 Å². The molecule has 0 saturated heterocycles. The van der Waals surface area contributed by atoms with Crippen LogP contribution in [0.3, 0.4) is 0 Å². The van der Waals surface area contributed by atoms with Gasteiger partial charge in [-0.05, 0) is 55.2 Å². The van der Waals surface area contributed by atoms with Gasteiger partial charge in [-0.2, -0.15) is 0 Å². The van der Waals surface area contributed by atoms with Crippen LogP contribution in [0, 0.1) is 12.8 Å². The second-order valence-electron chi connectivity index (χ2n) is 7.40. The molecule has 0 aromatic carbocycles. The number of rotatable bonds is 10. The summed E-state index contributed by atoms with van der Waals surface area (Å²) < 4.78 is 0. The van der Waals surface area contributed by atoms with Crippen molar-refractivity contribution in [2.75, 3.05) is 5.73 Å². The molecule has 4 N–H and O–H groups in total. The van der Waals surface area contributed by atoms with E-state index in [1.165, 1.54) is 0 Å². The number of aromatic nitrogens is 4. The van der Waals surface area contributed by atoms with Gasteiger partial charge < -0.3 is 16.0 Å². The van der Waals surface area contributed by atoms with Crippen LogP contribution in [-0.2, 0) is 6.42 Å². The van der Waals surface area contributed by atoms with Crippen LogP contribution in [0.25, 0.3) is 16.6 Å². The number of aromatic amines is 1. The molecule has 0 aliphatic rings. The molecule has 6 nitrogen and oxygen atoms in total. The van der Waals surface area contributed by atoms with Gasteiger partial charge in [0.05, 0.1) is 34.8 Å². The lowest BCUT2D eigenvalue weighted by atomic mass is 10.0. The van der Waals surface area contributed by atoms with Gasteiger partial charge in [-0.25, -0.2) is 4.98 Å². The Morgan fingerprint density at radius 3 is 2.76 bits per heavy atom. The smallest absolute Gasteiger partial charge is 0.111 e. The van der Waals surface area contributed by atoms with Crippen molar-refractivity contribution in [3.8, 4) is 12.8 Å².